The minimum atomic E-state index is -0.191. The van der Waals surface area contributed by atoms with Gasteiger partial charge < -0.3 is 5.11 Å². The molecule has 1 atom stereocenters. The molecule has 0 spiro atoms. The topological polar surface area (TPSA) is 20.2 Å². The smallest absolute Gasteiger partial charge is 0.0849 e. The van der Waals surface area contributed by atoms with E-state index in [1.165, 1.54) is 12.8 Å². The Morgan fingerprint density at radius 3 is 2.33 bits per heavy atom. The molecule has 0 aliphatic heterocycles. The summed E-state index contributed by atoms with van der Waals surface area (Å²) in [5, 5.41) is 9.96. The number of hydrogen-bond donors (Lipinski definition) is 1. The van der Waals surface area contributed by atoms with E-state index in [-0.39, 0.29) is 6.10 Å². The van der Waals surface area contributed by atoms with Gasteiger partial charge in [-0.3, -0.25) is 0 Å². The fraction of sp³-hybridized carbons (Fsp3) is 0.455. The lowest BCUT2D eigenvalue weighted by Crippen LogP contribution is -2.04. The molecule has 1 N–H and O–H groups in total. The largest absolute Gasteiger partial charge is 0.388 e. The standard InChI is InChI=1S/C11H12O/c12-10(11-6-9(11)7-11)8-4-2-1-3-5-8/h1-5,9-10,12H,6-7H2. The highest BCUT2D eigenvalue weighted by Gasteiger charge is 2.73. The van der Waals surface area contributed by atoms with Gasteiger partial charge in [-0.05, 0) is 24.3 Å². The van der Waals surface area contributed by atoms with E-state index in [0.29, 0.717) is 5.41 Å². The highest BCUT2D eigenvalue weighted by atomic mass is 16.3. The quantitative estimate of drug-likeness (QED) is 0.702. The summed E-state index contributed by atoms with van der Waals surface area (Å²) in [5.74, 6) is 0.854. The van der Waals surface area contributed by atoms with Crippen LogP contribution in [0.4, 0.5) is 0 Å². The van der Waals surface area contributed by atoms with Crippen molar-refractivity contribution in [3.05, 3.63) is 35.9 Å². The number of aliphatic hydroxyl groups excluding tert-OH is 1. The number of rotatable bonds is 2. The van der Waals surface area contributed by atoms with E-state index < -0.39 is 0 Å². The molecule has 1 nitrogen and oxygen atoms in total. The van der Waals surface area contributed by atoms with Crippen LogP contribution in [0.1, 0.15) is 24.5 Å². The molecular formula is C11H12O. The SMILES string of the molecule is OC(c1ccccc1)C12CC1C2. The third-order valence-electron chi connectivity index (χ3n) is 3.41. The summed E-state index contributed by atoms with van der Waals surface area (Å²) in [5.41, 5.74) is 1.43. The Morgan fingerprint density at radius 1 is 1.25 bits per heavy atom. The molecular weight excluding hydrogens is 148 g/mol. The lowest BCUT2D eigenvalue weighted by atomic mass is 10.00. The fourth-order valence-electron chi connectivity index (χ4n) is 2.15. The highest BCUT2D eigenvalue weighted by molar-refractivity contribution is 5.30. The van der Waals surface area contributed by atoms with Gasteiger partial charge in [-0.25, -0.2) is 0 Å². The maximum absolute atomic E-state index is 9.96. The first-order valence-electron chi connectivity index (χ1n) is 4.56. The second-order valence-corrected chi connectivity index (χ2v) is 4.15. The van der Waals surface area contributed by atoms with Gasteiger partial charge in [-0.15, -0.1) is 0 Å². The molecule has 12 heavy (non-hydrogen) atoms. The fourth-order valence-corrected chi connectivity index (χ4v) is 2.15. The molecule has 2 fully saturated rings. The molecule has 0 heterocycles. The summed E-state index contributed by atoms with van der Waals surface area (Å²) in [6.45, 7) is 0. The lowest BCUT2D eigenvalue weighted by molar-refractivity contribution is 0.125. The van der Waals surface area contributed by atoms with E-state index in [1.807, 2.05) is 30.3 Å². The number of fused-ring (bicyclic) bond motifs is 1. The molecule has 0 radical (unpaired) electrons. The van der Waals surface area contributed by atoms with Crippen LogP contribution in [-0.4, -0.2) is 5.11 Å². The van der Waals surface area contributed by atoms with Gasteiger partial charge in [-0.1, -0.05) is 30.3 Å². The molecule has 1 aromatic carbocycles. The van der Waals surface area contributed by atoms with Crippen LogP contribution in [0.5, 0.6) is 0 Å². The average molecular weight is 160 g/mol. The van der Waals surface area contributed by atoms with E-state index >= 15 is 0 Å². The monoisotopic (exact) mass is 160 g/mol. The lowest BCUT2D eigenvalue weighted by Gasteiger charge is -2.13. The van der Waals surface area contributed by atoms with Gasteiger partial charge in [0.1, 0.15) is 0 Å². The maximum Gasteiger partial charge on any atom is 0.0849 e. The first-order valence-corrected chi connectivity index (χ1v) is 4.56. The molecule has 0 saturated heterocycles. The Hall–Kier alpha value is -0.820. The molecule has 2 aliphatic rings. The van der Waals surface area contributed by atoms with Gasteiger partial charge in [0.15, 0.2) is 0 Å². The van der Waals surface area contributed by atoms with Crippen molar-refractivity contribution in [2.24, 2.45) is 11.3 Å². The second-order valence-electron chi connectivity index (χ2n) is 4.15. The zero-order valence-electron chi connectivity index (χ0n) is 6.90. The summed E-state index contributed by atoms with van der Waals surface area (Å²) in [7, 11) is 0. The molecule has 0 amide bonds. The van der Waals surface area contributed by atoms with E-state index in [1.54, 1.807) is 0 Å². The Balaban J connectivity index is 1.89. The van der Waals surface area contributed by atoms with Gasteiger partial charge in [0.2, 0.25) is 0 Å². The maximum atomic E-state index is 9.96. The van der Waals surface area contributed by atoms with E-state index in [2.05, 4.69) is 0 Å². The van der Waals surface area contributed by atoms with Gasteiger partial charge in [0.05, 0.1) is 6.10 Å². The Morgan fingerprint density at radius 2 is 1.83 bits per heavy atom. The van der Waals surface area contributed by atoms with Gasteiger partial charge in [0.25, 0.3) is 0 Å². The molecule has 1 unspecified atom stereocenters. The van der Waals surface area contributed by atoms with Gasteiger partial charge >= 0.3 is 0 Å². The Labute approximate surface area is 72.0 Å². The van der Waals surface area contributed by atoms with Gasteiger partial charge in [-0.2, -0.15) is 0 Å². The first kappa shape index (κ1) is 6.67. The van der Waals surface area contributed by atoms with Crippen molar-refractivity contribution in [3.8, 4) is 0 Å². The number of hydrogen-bond acceptors (Lipinski definition) is 1. The molecule has 0 bridgehead atoms. The molecule has 2 aliphatic carbocycles. The molecule has 62 valence electrons. The normalized spacial score (nSPS) is 38.6. The Bertz CT molecular complexity index is 298. The van der Waals surface area contributed by atoms with Crippen molar-refractivity contribution in [1.29, 1.82) is 0 Å². The zero-order chi connectivity index (χ0) is 8.18. The third-order valence-corrected chi connectivity index (χ3v) is 3.41. The van der Waals surface area contributed by atoms with Crippen LogP contribution >= 0.6 is 0 Å². The predicted molar refractivity (Wildman–Crippen MR) is 46.6 cm³/mol. The molecule has 3 rings (SSSR count). The Kier molecular flexibility index (Phi) is 1.06. The van der Waals surface area contributed by atoms with Crippen LogP contribution in [0.3, 0.4) is 0 Å². The van der Waals surface area contributed by atoms with E-state index in [9.17, 15) is 5.11 Å². The van der Waals surface area contributed by atoms with Crippen molar-refractivity contribution in [1.82, 2.24) is 0 Å². The zero-order valence-corrected chi connectivity index (χ0v) is 6.90. The van der Waals surface area contributed by atoms with Crippen molar-refractivity contribution in [3.63, 3.8) is 0 Å². The van der Waals surface area contributed by atoms with Crippen LogP contribution < -0.4 is 0 Å². The summed E-state index contributed by atoms with van der Waals surface area (Å²) < 4.78 is 0. The van der Waals surface area contributed by atoms with Crippen LogP contribution in [0.2, 0.25) is 0 Å². The van der Waals surface area contributed by atoms with Crippen molar-refractivity contribution >= 4 is 0 Å². The van der Waals surface area contributed by atoms with E-state index in [0.717, 1.165) is 11.5 Å². The average Bonchev–Trinajstić information content (AvgIpc) is 2.91. The molecule has 1 aromatic rings. The molecule has 2 saturated carbocycles. The number of benzene rings is 1. The first-order chi connectivity index (χ1) is 5.83. The predicted octanol–water partition coefficient (Wildman–Crippen LogP) is 2.13. The second kappa shape index (κ2) is 1.91. The summed E-state index contributed by atoms with van der Waals surface area (Å²) in [6.07, 6.45) is 2.32. The number of aliphatic hydroxyl groups is 1. The molecule has 1 heteroatoms. The minimum absolute atomic E-state index is 0.191. The third kappa shape index (κ3) is 0.721. The van der Waals surface area contributed by atoms with Crippen LogP contribution in [0.25, 0.3) is 0 Å². The van der Waals surface area contributed by atoms with Crippen LogP contribution in [0.15, 0.2) is 30.3 Å². The molecule has 0 aromatic heterocycles. The summed E-state index contributed by atoms with van der Waals surface area (Å²) in [6, 6.07) is 10.0. The van der Waals surface area contributed by atoms with Gasteiger partial charge in [0, 0.05) is 5.41 Å². The van der Waals surface area contributed by atoms with Crippen molar-refractivity contribution in [2.45, 2.75) is 18.9 Å². The summed E-state index contributed by atoms with van der Waals surface area (Å²) in [4.78, 5) is 0. The van der Waals surface area contributed by atoms with Crippen molar-refractivity contribution < 1.29 is 5.11 Å². The van der Waals surface area contributed by atoms with E-state index in [4.69, 9.17) is 0 Å². The van der Waals surface area contributed by atoms with Crippen molar-refractivity contribution in [2.75, 3.05) is 0 Å². The van der Waals surface area contributed by atoms with Crippen LogP contribution in [-0.2, 0) is 0 Å². The minimum Gasteiger partial charge on any atom is -0.388 e. The van der Waals surface area contributed by atoms with Crippen LogP contribution in [0, 0.1) is 11.3 Å². The highest BCUT2D eigenvalue weighted by Crippen LogP contribution is 2.80. The summed E-state index contributed by atoms with van der Waals surface area (Å²) >= 11 is 0.